The lowest BCUT2D eigenvalue weighted by Crippen LogP contribution is -2.45. The summed E-state index contributed by atoms with van der Waals surface area (Å²) in [4.78, 5) is 12.9. The van der Waals surface area contributed by atoms with Gasteiger partial charge in [-0.1, -0.05) is 24.3 Å². The highest BCUT2D eigenvalue weighted by atomic mass is 32.1. The van der Waals surface area contributed by atoms with Crippen LogP contribution in [0.4, 0.5) is 5.69 Å². The predicted octanol–water partition coefficient (Wildman–Crippen LogP) is 3.13. The lowest BCUT2D eigenvalue weighted by molar-refractivity contribution is -0.113. The Hall–Kier alpha value is -2.86. The van der Waals surface area contributed by atoms with Gasteiger partial charge in [0.1, 0.15) is 5.75 Å². The molecule has 5 nitrogen and oxygen atoms in total. The number of phenols is 1. The number of hydrogen-bond acceptors (Lipinski definition) is 3. The maximum Gasteiger partial charge on any atom is 0.255 e. The SMILES string of the molecule is CC1=C(C(=O)Nc2cccc(C)c2)C(c2ccc(O)cc2)NC(=S)N1. The molecule has 2 aromatic carbocycles. The first kappa shape index (κ1) is 17.0. The zero-order valence-corrected chi connectivity index (χ0v) is 14.8. The number of amides is 1. The van der Waals surface area contributed by atoms with Crippen LogP contribution < -0.4 is 16.0 Å². The lowest BCUT2D eigenvalue weighted by Gasteiger charge is -2.30. The molecule has 1 atom stereocenters. The second kappa shape index (κ2) is 6.94. The molecule has 0 spiro atoms. The highest BCUT2D eigenvalue weighted by Gasteiger charge is 2.29. The van der Waals surface area contributed by atoms with E-state index in [0.717, 1.165) is 16.8 Å². The van der Waals surface area contributed by atoms with Crippen molar-refractivity contribution in [3.8, 4) is 5.75 Å². The van der Waals surface area contributed by atoms with Gasteiger partial charge in [0.2, 0.25) is 0 Å². The maximum absolute atomic E-state index is 12.9. The first-order valence-electron chi connectivity index (χ1n) is 7.89. The van der Waals surface area contributed by atoms with Crippen LogP contribution in [0.25, 0.3) is 0 Å². The summed E-state index contributed by atoms with van der Waals surface area (Å²) in [5.41, 5.74) is 3.91. The van der Waals surface area contributed by atoms with Gasteiger partial charge in [0, 0.05) is 11.4 Å². The van der Waals surface area contributed by atoms with Crippen molar-refractivity contribution in [3.05, 3.63) is 70.9 Å². The number of anilines is 1. The summed E-state index contributed by atoms with van der Waals surface area (Å²) in [6, 6.07) is 14.0. The van der Waals surface area contributed by atoms with E-state index < -0.39 is 0 Å². The van der Waals surface area contributed by atoms with Gasteiger partial charge in [0.05, 0.1) is 11.6 Å². The van der Waals surface area contributed by atoms with Crippen molar-refractivity contribution in [2.75, 3.05) is 5.32 Å². The topological polar surface area (TPSA) is 73.4 Å². The van der Waals surface area contributed by atoms with Crippen LogP contribution >= 0.6 is 12.2 Å². The Balaban J connectivity index is 1.94. The predicted molar refractivity (Wildman–Crippen MR) is 102 cm³/mol. The van der Waals surface area contributed by atoms with Gasteiger partial charge in [-0.15, -0.1) is 0 Å². The number of aromatic hydroxyl groups is 1. The van der Waals surface area contributed by atoms with Gasteiger partial charge in [0.25, 0.3) is 5.91 Å². The smallest absolute Gasteiger partial charge is 0.255 e. The molecule has 0 bridgehead atoms. The first-order valence-corrected chi connectivity index (χ1v) is 8.30. The summed E-state index contributed by atoms with van der Waals surface area (Å²) in [6.07, 6.45) is 0. The lowest BCUT2D eigenvalue weighted by atomic mass is 9.95. The fraction of sp³-hybridized carbons (Fsp3) is 0.158. The summed E-state index contributed by atoms with van der Waals surface area (Å²) in [6.45, 7) is 3.80. The summed E-state index contributed by atoms with van der Waals surface area (Å²) < 4.78 is 0. The molecule has 1 aliphatic heterocycles. The van der Waals surface area contributed by atoms with Gasteiger partial charge in [-0.25, -0.2) is 0 Å². The Kier molecular flexibility index (Phi) is 4.72. The monoisotopic (exact) mass is 353 g/mol. The number of aryl methyl sites for hydroxylation is 1. The van der Waals surface area contributed by atoms with Crippen LogP contribution in [0.5, 0.6) is 5.75 Å². The summed E-state index contributed by atoms with van der Waals surface area (Å²) in [5.74, 6) is -0.0320. The fourth-order valence-corrected chi connectivity index (χ4v) is 3.10. The minimum Gasteiger partial charge on any atom is -0.508 e. The zero-order chi connectivity index (χ0) is 18.0. The molecule has 0 radical (unpaired) electrons. The van der Waals surface area contributed by atoms with Crippen LogP contribution in [0.3, 0.4) is 0 Å². The number of rotatable bonds is 3. The minimum atomic E-state index is -0.390. The maximum atomic E-state index is 12.9. The van der Waals surface area contributed by atoms with Crippen LogP contribution in [0.1, 0.15) is 24.1 Å². The van der Waals surface area contributed by atoms with Crippen molar-refractivity contribution in [2.24, 2.45) is 0 Å². The number of benzene rings is 2. The molecule has 128 valence electrons. The zero-order valence-electron chi connectivity index (χ0n) is 14.0. The second-order valence-electron chi connectivity index (χ2n) is 5.99. The number of hydrogen-bond donors (Lipinski definition) is 4. The highest BCUT2D eigenvalue weighted by molar-refractivity contribution is 7.80. The van der Waals surface area contributed by atoms with Gasteiger partial charge in [0.15, 0.2) is 5.11 Å². The fourth-order valence-electron chi connectivity index (χ4n) is 2.83. The molecule has 6 heteroatoms. The molecule has 0 saturated heterocycles. The molecule has 3 rings (SSSR count). The summed E-state index contributed by atoms with van der Waals surface area (Å²) in [7, 11) is 0. The Bertz CT molecular complexity index is 859. The van der Waals surface area contributed by atoms with E-state index in [0.29, 0.717) is 16.4 Å². The number of carbonyl (C=O) groups is 1. The number of nitrogens with one attached hydrogen (secondary N) is 3. The third-order valence-corrected chi connectivity index (χ3v) is 4.24. The molecule has 0 aromatic heterocycles. The average Bonchev–Trinajstić information content (AvgIpc) is 2.54. The Morgan fingerprint density at radius 3 is 2.56 bits per heavy atom. The van der Waals surface area contributed by atoms with E-state index in [1.165, 1.54) is 0 Å². The van der Waals surface area contributed by atoms with Crippen LogP contribution in [0.15, 0.2) is 59.8 Å². The normalized spacial score (nSPS) is 16.9. The quantitative estimate of drug-likeness (QED) is 0.638. The van der Waals surface area contributed by atoms with Crippen molar-refractivity contribution in [3.63, 3.8) is 0 Å². The standard InChI is InChI=1S/C19H19N3O2S/c1-11-4-3-5-14(10-11)21-18(24)16-12(2)20-19(25)22-17(16)13-6-8-15(23)9-7-13/h3-10,17,23H,1-2H3,(H,21,24)(H2,20,22,25). The number of thiocarbonyl (C=S) groups is 1. The van der Waals surface area contributed by atoms with Gasteiger partial charge < -0.3 is 21.1 Å². The molecule has 1 unspecified atom stereocenters. The summed E-state index contributed by atoms with van der Waals surface area (Å²) >= 11 is 5.23. The van der Waals surface area contributed by atoms with Crippen LogP contribution in [-0.4, -0.2) is 16.1 Å². The van der Waals surface area contributed by atoms with Crippen molar-refractivity contribution in [1.29, 1.82) is 0 Å². The number of phenolic OH excluding ortho intramolecular Hbond substituents is 1. The van der Waals surface area contributed by atoms with Crippen LogP contribution in [0.2, 0.25) is 0 Å². The first-order chi connectivity index (χ1) is 11.9. The number of allylic oxidation sites excluding steroid dienone is 1. The average molecular weight is 353 g/mol. The van der Waals surface area contributed by atoms with Gasteiger partial charge >= 0.3 is 0 Å². The molecule has 1 heterocycles. The van der Waals surface area contributed by atoms with Crippen molar-refractivity contribution >= 4 is 28.9 Å². The largest absolute Gasteiger partial charge is 0.508 e. The highest BCUT2D eigenvalue weighted by Crippen LogP contribution is 2.28. The summed E-state index contributed by atoms with van der Waals surface area (Å²) in [5, 5.41) is 19.0. The molecule has 0 saturated carbocycles. The van der Waals surface area contributed by atoms with Crippen LogP contribution in [-0.2, 0) is 4.79 Å². The molecule has 2 aromatic rings. The molecule has 0 aliphatic carbocycles. The molecule has 1 amide bonds. The van der Waals surface area contributed by atoms with Crippen molar-refractivity contribution in [1.82, 2.24) is 10.6 Å². The number of carbonyl (C=O) groups excluding carboxylic acids is 1. The second-order valence-corrected chi connectivity index (χ2v) is 6.39. The molecule has 1 aliphatic rings. The Morgan fingerprint density at radius 2 is 1.88 bits per heavy atom. The molecule has 0 fully saturated rings. The molecular formula is C19H19N3O2S. The molecular weight excluding hydrogens is 334 g/mol. The van der Waals surface area contributed by atoms with Crippen molar-refractivity contribution < 1.29 is 9.90 Å². The van der Waals surface area contributed by atoms with Gasteiger partial charge in [-0.3, -0.25) is 4.79 Å². The van der Waals surface area contributed by atoms with E-state index in [4.69, 9.17) is 12.2 Å². The van der Waals surface area contributed by atoms with E-state index >= 15 is 0 Å². The van der Waals surface area contributed by atoms with Gasteiger partial charge in [-0.2, -0.15) is 0 Å². The molecule has 25 heavy (non-hydrogen) atoms. The molecule has 4 N–H and O–H groups in total. The third-order valence-electron chi connectivity index (χ3n) is 4.02. The van der Waals surface area contributed by atoms with E-state index in [1.54, 1.807) is 24.3 Å². The van der Waals surface area contributed by atoms with Crippen LogP contribution in [0, 0.1) is 6.92 Å². The Morgan fingerprint density at radius 1 is 1.16 bits per heavy atom. The van der Waals surface area contributed by atoms with E-state index in [9.17, 15) is 9.90 Å². The van der Waals surface area contributed by atoms with Gasteiger partial charge in [-0.05, 0) is 61.5 Å². The minimum absolute atomic E-state index is 0.173. The van der Waals surface area contributed by atoms with E-state index in [-0.39, 0.29) is 17.7 Å². The Labute approximate surface area is 151 Å². The van der Waals surface area contributed by atoms with Crippen molar-refractivity contribution in [2.45, 2.75) is 19.9 Å². The van der Waals surface area contributed by atoms with E-state index in [2.05, 4.69) is 16.0 Å². The third kappa shape index (κ3) is 3.80. The van der Waals surface area contributed by atoms with E-state index in [1.807, 2.05) is 38.1 Å².